The van der Waals surface area contributed by atoms with E-state index in [2.05, 4.69) is 79.8 Å². The number of carbonyl (C=O) groups is 2. The number of methoxy groups -OCH3 is 1. The van der Waals surface area contributed by atoms with Gasteiger partial charge in [0.15, 0.2) is 0 Å². The molecule has 10 heteroatoms. The molecule has 0 aromatic heterocycles. The molecule has 0 fully saturated rings. The van der Waals surface area contributed by atoms with Gasteiger partial charge >= 0.3 is 0 Å². The summed E-state index contributed by atoms with van der Waals surface area (Å²) in [4.78, 5) is 28.3. The maximum absolute atomic E-state index is 13.2. The van der Waals surface area contributed by atoms with E-state index >= 15 is 0 Å². The second-order valence-corrected chi connectivity index (χ2v) is 10.8. The first-order chi connectivity index (χ1) is 18.3. The second-order valence-electron chi connectivity index (χ2n) is 7.97. The zero-order valence-corrected chi connectivity index (χ0v) is 26.2. The van der Waals surface area contributed by atoms with Crippen LogP contribution < -0.4 is 20.4 Å². The molecule has 0 spiro atoms. The Morgan fingerprint density at radius 1 is 1.05 bits per heavy atom. The number of halogens is 3. The Balaban J connectivity index is 1.89. The van der Waals surface area contributed by atoms with Crippen LogP contribution in [0.5, 0.6) is 5.75 Å². The van der Waals surface area contributed by atoms with Crippen LogP contribution in [0.1, 0.15) is 35.3 Å². The lowest BCUT2D eigenvalue weighted by Gasteiger charge is -2.21. The van der Waals surface area contributed by atoms with Gasteiger partial charge in [0.25, 0.3) is 11.8 Å². The molecule has 0 aliphatic rings. The number of anilines is 1. The first-order valence-corrected chi connectivity index (χ1v) is 14.3. The van der Waals surface area contributed by atoms with Gasteiger partial charge in [0, 0.05) is 27.9 Å². The molecule has 0 bridgehead atoms. The maximum Gasteiger partial charge on any atom is 0.287 e. The summed E-state index contributed by atoms with van der Waals surface area (Å²) in [5.41, 5.74) is 5.31. The number of carbonyl (C=O) groups excluding carboxylic acids is 2. The summed E-state index contributed by atoms with van der Waals surface area (Å²) in [6.07, 6.45) is 3.11. The maximum atomic E-state index is 13.2. The monoisotopic (exact) mass is 756 g/mol. The number of hydrogen-bond acceptors (Lipinski definition) is 5. The average Bonchev–Trinajstić information content (AvgIpc) is 2.90. The number of benzene rings is 3. The molecule has 2 N–H and O–H groups in total. The summed E-state index contributed by atoms with van der Waals surface area (Å²) in [5, 5.41) is 7.09. The summed E-state index contributed by atoms with van der Waals surface area (Å²) in [6.45, 7) is 5.96. The Kier molecular flexibility index (Phi) is 11.4. The summed E-state index contributed by atoms with van der Waals surface area (Å²) in [7, 11) is 1.58. The smallest absolute Gasteiger partial charge is 0.287 e. The highest BCUT2D eigenvalue weighted by molar-refractivity contribution is 14.1. The normalized spacial score (nSPS) is 11.4. The van der Waals surface area contributed by atoms with Crippen molar-refractivity contribution in [1.82, 2.24) is 10.7 Å². The van der Waals surface area contributed by atoms with Crippen LogP contribution in [0.15, 0.2) is 71.5 Å². The molecule has 3 aromatic rings. The third kappa shape index (κ3) is 7.93. The van der Waals surface area contributed by atoms with Crippen molar-refractivity contribution in [2.24, 2.45) is 5.10 Å². The van der Waals surface area contributed by atoms with E-state index in [-0.39, 0.29) is 16.3 Å². The van der Waals surface area contributed by atoms with E-state index < -0.39 is 11.8 Å². The van der Waals surface area contributed by atoms with Crippen LogP contribution >= 0.6 is 56.8 Å². The molecule has 38 heavy (non-hydrogen) atoms. The highest BCUT2D eigenvalue weighted by Crippen LogP contribution is 2.27. The van der Waals surface area contributed by atoms with E-state index in [4.69, 9.17) is 16.3 Å². The Morgan fingerprint density at radius 2 is 1.74 bits per heavy atom. The van der Waals surface area contributed by atoms with E-state index in [0.29, 0.717) is 11.3 Å². The number of nitrogens with zero attached hydrogens (tertiary/aromatic N) is 2. The lowest BCUT2D eigenvalue weighted by atomic mass is 10.1. The molecular formula is C28H27ClI2N4O3. The van der Waals surface area contributed by atoms with Crippen LogP contribution in [-0.4, -0.2) is 38.2 Å². The molecule has 3 rings (SSSR count). The first kappa shape index (κ1) is 29.9. The molecule has 0 heterocycles. The van der Waals surface area contributed by atoms with E-state index in [1.165, 1.54) is 6.21 Å². The summed E-state index contributed by atoms with van der Waals surface area (Å²) < 4.78 is 7.39. The minimum Gasteiger partial charge on any atom is -0.495 e. The largest absolute Gasteiger partial charge is 0.495 e. The number of rotatable bonds is 10. The van der Waals surface area contributed by atoms with Crippen LogP contribution in [0, 0.1) is 7.14 Å². The third-order valence-electron chi connectivity index (χ3n) is 5.55. The topological polar surface area (TPSA) is 83.0 Å². The molecule has 0 aliphatic heterocycles. The van der Waals surface area contributed by atoms with Gasteiger partial charge in [0.2, 0.25) is 0 Å². The van der Waals surface area contributed by atoms with Crippen LogP contribution in [-0.2, 0) is 4.79 Å². The lowest BCUT2D eigenvalue weighted by Crippen LogP contribution is -2.33. The number of amides is 2. The van der Waals surface area contributed by atoms with Crippen molar-refractivity contribution < 1.29 is 14.3 Å². The molecule has 0 saturated carbocycles. The average molecular weight is 757 g/mol. The van der Waals surface area contributed by atoms with Gasteiger partial charge in [0.1, 0.15) is 11.4 Å². The van der Waals surface area contributed by atoms with Crippen LogP contribution in [0.25, 0.3) is 6.08 Å². The summed E-state index contributed by atoms with van der Waals surface area (Å²) >= 11 is 10.6. The van der Waals surface area contributed by atoms with Gasteiger partial charge in [-0.05, 0) is 107 Å². The first-order valence-electron chi connectivity index (χ1n) is 11.8. The fourth-order valence-corrected chi connectivity index (χ4v) is 5.97. The minimum atomic E-state index is -0.589. The van der Waals surface area contributed by atoms with Gasteiger partial charge in [-0.2, -0.15) is 5.10 Å². The van der Waals surface area contributed by atoms with Crippen LogP contribution in [0.3, 0.4) is 0 Å². The number of hydrogen-bond donors (Lipinski definition) is 2. The zero-order chi connectivity index (χ0) is 27.7. The van der Waals surface area contributed by atoms with Crippen molar-refractivity contribution in [1.29, 1.82) is 0 Å². The van der Waals surface area contributed by atoms with Crippen molar-refractivity contribution in [3.05, 3.63) is 95.2 Å². The molecule has 0 unspecified atom stereocenters. The van der Waals surface area contributed by atoms with Crippen molar-refractivity contribution in [3.63, 3.8) is 0 Å². The van der Waals surface area contributed by atoms with E-state index in [0.717, 1.165) is 31.5 Å². The molecule has 198 valence electrons. The highest BCUT2D eigenvalue weighted by Gasteiger charge is 2.17. The summed E-state index contributed by atoms with van der Waals surface area (Å²) in [6, 6.07) is 18.3. The molecule has 7 nitrogen and oxygen atoms in total. The highest BCUT2D eigenvalue weighted by atomic mass is 127. The molecule has 0 saturated heterocycles. The number of hydrazone groups is 1. The molecule has 0 aliphatic carbocycles. The predicted octanol–water partition coefficient (Wildman–Crippen LogP) is 6.33. The Hall–Kier alpha value is -2.64. The van der Waals surface area contributed by atoms with Crippen molar-refractivity contribution in [2.45, 2.75) is 13.8 Å². The predicted molar refractivity (Wildman–Crippen MR) is 171 cm³/mol. The lowest BCUT2D eigenvalue weighted by molar-refractivity contribution is -0.117. The van der Waals surface area contributed by atoms with Gasteiger partial charge in [-0.25, -0.2) is 5.43 Å². The zero-order valence-electron chi connectivity index (χ0n) is 21.1. The molecule has 2 amide bonds. The van der Waals surface area contributed by atoms with E-state index in [1.807, 2.05) is 36.4 Å². The molecule has 0 atom stereocenters. The molecule has 0 radical (unpaired) electrons. The fraction of sp³-hybridized carbons (Fsp3) is 0.179. The van der Waals surface area contributed by atoms with Crippen molar-refractivity contribution in [2.75, 3.05) is 25.1 Å². The van der Waals surface area contributed by atoms with Gasteiger partial charge < -0.3 is 15.0 Å². The minimum absolute atomic E-state index is 0.0202. The van der Waals surface area contributed by atoms with E-state index in [1.54, 1.807) is 37.5 Å². The molecular weight excluding hydrogens is 730 g/mol. The van der Waals surface area contributed by atoms with Crippen molar-refractivity contribution in [3.8, 4) is 5.75 Å². The fourth-order valence-electron chi connectivity index (χ4n) is 3.64. The summed E-state index contributed by atoms with van der Waals surface area (Å²) in [5.74, 6) is -0.441. The third-order valence-corrected chi connectivity index (χ3v) is 7.31. The van der Waals surface area contributed by atoms with Gasteiger partial charge in [-0.1, -0.05) is 35.9 Å². The number of nitrogens with one attached hydrogen (secondary N) is 2. The second kappa shape index (κ2) is 14.5. The van der Waals surface area contributed by atoms with Gasteiger partial charge in [-0.3, -0.25) is 9.59 Å². The van der Waals surface area contributed by atoms with Gasteiger partial charge in [0.05, 0.1) is 27.5 Å². The van der Waals surface area contributed by atoms with Crippen LogP contribution in [0.2, 0.25) is 5.02 Å². The quantitative estimate of drug-likeness (QED) is 0.110. The van der Waals surface area contributed by atoms with Crippen LogP contribution in [0.4, 0.5) is 5.69 Å². The Bertz CT molecular complexity index is 1360. The Labute approximate surface area is 254 Å². The number of ether oxygens (including phenoxy) is 1. The standard InChI is InChI=1S/C28H27ClI2N4O3/c1-4-35(5-2)21-12-10-18(11-13-21)14-25(33-27(36)22-8-6-7-9-23(22)29)28(37)34-32-17-19-15-20(30)16-24(31)26(19)38-3/h6-17H,4-5H2,1-3H3,(H,33,36)(H,34,37)/b25-14+,32-17?. The SMILES string of the molecule is CCN(CC)c1ccc(/C=C(/NC(=O)c2ccccc2Cl)C(=O)NN=Cc2cc(I)cc(I)c2OC)cc1. The van der Waals surface area contributed by atoms with E-state index in [9.17, 15) is 9.59 Å². The van der Waals surface area contributed by atoms with Gasteiger partial charge in [-0.15, -0.1) is 0 Å². The molecule has 3 aromatic carbocycles. The Morgan fingerprint density at radius 3 is 2.37 bits per heavy atom. The van der Waals surface area contributed by atoms with Crippen molar-refractivity contribution >= 4 is 86.6 Å².